The third-order valence-corrected chi connectivity index (χ3v) is 7.39. The van der Waals surface area contributed by atoms with Crippen LogP contribution in [0.3, 0.4) is 0 Å². The van der Waals surface area contributed by atoms with E-state index in [-0.39, 0.29) is 17.2 Å². The number of halogens is 1. The van der Waals surface area contributed by atoms with Gasteiger partial charge in [0.15, 0.2) is 0 Å². The van der Waals surface area contributed by atoms with Crippen molar-refractivity contribution in [1.82, 2.24) is 10.2 Å². The van der Waals surface area contributed by atoms with Crippen molar-refractivity contribution < 1.29 is 23.6 Å². The van der Waals surface area contributed by atoms with Crippen LogP contribution >= 0.6 is 0 Å². The average molecular weight is 485 g/mol. The second-order valence-corrected chi connectivity index (χ2v) is 9.27. The lowest BCUT2D eigenvalue weighted by Crippen LogP contribution is -2.56. The van der Waals surface area contributed by atoms with Crippen molar-refractivity contribution in [2.45, 2.75) is 37.0 Å². The number of nitro groups is 1. The number of para-hydroxylation sites is 1. The Hall–Kier alpha value is -3.08. The summed E-state index contributed by atoms with van der Waals surface area (Å²) in [7, 11) is 0. The highest BCUT2D eigenvalue weighted by molar-refractivity contribution is 5.93. The molecule has 0 saturated carbocycles. The predicted octanol–water partition coefficient (Wildman–Crippen LogP) is 3.14. The van der Waals surface area contributed by atoms with Gasteiger partial charge in [0.05, 0.1) is 36.4 Å². The van der Waals surface area contributed by atoms with Crippen molar-refractivity contribution >= 4 is 17.3 Å². The van der Waals surface area contributed by atoms with Gasteiger partial charge in [-0.2, -0.15) is 0 Å². The van der Waals surface area contributed by atoms with Crippen LogP contribution in [0.15, 0.2) is 48.5 Å². The van der Waals surface area contributed by atoms with Gasteiger partial charge in [0, 0.05) is 25.2 Å². The largest absolute Gasteiger partial charge is 0.343 e. The van der Waals surface area contributed by atoms with Crippen LogP contribution in [0.2, 0.25) is 0 Å². The van der Waals surface area contributed by atoms with E-state index in [1.165, 1.54) is 12.1 Å². The Bertz CT molecular complexity index is 1080. The van der Waals surface area contributed by atoms with Crippen LogP contribution in [-0.2, 0) is 20.1 Å². The quantitative estimate of drug-likeness (QED) is 0.476. The molecular weight excluding hydrogens is 455 g/mol. The van der Waals surface area contributed by atoms with Crippen molar-refractivity contribution in [3.63, 3.8) is 0 Å². The van der Waals surface area contributed by atoms with Gasteiger partial charge in [-0.25, -0.2) is 4.39 Å². The maximum absolute atomic E-state index is 13.7. The first-order chi connectivity index (χ1) is 16.9. The van der Waals surface area contributed by atoms with Gasteiger partial charge in [0.2, 0.25) is 11.7 Å². The molecule has 3 aliphatic rings. The molecule has 0 unspecified atom stereocenters. The molecule has 5 rings (SSSR count). The van der Waals surface area contributed by atoms with Crippen LogP contribution in [0.1, 0.15) is 31.2 Å². The SMILES string of the molecule is O=C1NCN(c2ccccc2)C12CCN(CCCC1(c3ccc(F)cc3[N+](=O)[O-])OCCO1)CC2. The first-order valence-electron chi connectivity index (χ1n) is 12.0. The maximum atomic E-state index is 13.7. The van der Waals surface area contributed by atoms with Gasteiger partial charge in [0.1, 0.15) is 11.4 Å². The topological polar surface area (TPSA) is 97.2 Å². The highest BCUT2D eigenvalue weighted by Crippen LogP contribution is 2.41. The zero-order valence-corrected chi connectivity index (χ0v) is 19.5. The minimum atomic E-state index is -1.25. The minimum absolute atomic E-state index is 0.0799. The fourth-order valence-corrected chi connectivity index (χ4v) is 5.58. The van der Waals surface area contributed by atoms with Crippen LogP contribution in [0.4, 0.5) is 15.8 Å². The minimum Gasteiger partial charge on any atom is -0.343 e. The second-order valence-electron chi connectivity index (χ2n) is 9.27. The molecule has 0 aromatic heterocycles. The molecule has 186 valence electrons. The number of carbonyl (C=O) groups is 1. The third-order valence-electron chi connectivity index (χ3n) is 7.39. The first-order valence-corrected chi connectivity index (χ1v) is 12.0. The summed E-state index contributed by atoms with van der Waals surface area (Å²) in [6.07, 6.45) is 2.53. The Morgan fingerprint density at radius 3 is 2.49 bits per heavy atom. The molecule has 3 heterocycles. The zero-order valence-electron chi connectivity index (χ0n) is 19.5. The van der Waals surface area contributed by atoms with Crippen molar-refractivity contribution in [2.24, 2.45) is 0 Å². The lowest BCUT2D eigenvalue weighted by Gasteiger charge is -2.43. The number of anilines is 1. The number of amides is 1. The molecule has 3 fully saturated rings. The van der Waals surface area contributed by atoms with Crippen LogP contribution < -0.4 is 10.2 Å². The Morgan fingerprint density at radius 1 is 1.09 bits per heavy atom. The number of hydrogen-bond donors (Lipinski definition) is 1. The number of hydrogen-bond acceptors (Lipinski definition) is 7. The highest BCUT2D eigenvalue weighted by atomic mass is 19.1. The Balaban J connectivity index is 1.23. The number of nitro benzene ring substituents is 1. The van der Waals surface area contributed by atoms with Gasteiger partial charge in [-0.3, -0.25) is 14.9 Å². The van der Waals surface area contributed by atoms with Crippen molar-refractivity contribution in [2.75, 3.05) is 44.4 Å². The van der Waals surface area contributed by atoms with E-state index in [1.54, 1.807) is 0 Å². The Kier molecular flexibility index (Phi) is 6.43. The van der Waals surface area contributed by atoms with Gasteiger partial charge in [-0.05, 0) is 50.1 Å². The number of ether oxygens (including phenoxy) is 2. The van der Waals surface area contributed by atoms with E-state index in [9.17, 15) is 19.3 Å². The summed E-state index contributed by atoms with van der Waals surface area (Å²) in [4.78, 5) is 28.3. The lowest BCUT2D eigenvalue weighted by atomic mass is 9.85. The summed E-state index contributed by atoms with van der Waals surface area (Å²) in [5.74, 6) is -1.84. The van der Waals surface area contributed by atoms with Crippen molar-refractivity contribution in [3.05, 3.63) is 70.0 Å². The number of likely N-dealkylation sites (tertiary alicyclic amines) is 1. The molecule has 35 heavy (non-hydrogen) atoms. The van der Waals surface area contributed by atoms with Gasteiger partial charge in [0.25, 0.3) is 5.69 Å². The highest BCUT2D eigenvalue weighted by Gasteiger charge is 2.50. The fraction of sp³-hybridized carbons (Fsp3) is 0.480. The number of carbonyl (C=O) groups excluding carboxylic acids is 1. The van der Waals surface area contributed by atoms with E-state index in [4.69, 9.17) is 9.47 Å². The second kappa shape index (κ2) is 9.52. The first kappa shape index (κ1) is 23.7. The normalized spacial score (nSPS) is 21.4. The molecule has 0 atom stereocenters. The van der Waals surface area contributed by atoms with Crippen molar-refractivity contribution in [3.8, 4) is 0 Å². The van der Waals surface area contributed by atoms with Crippen molar-refractivity contribution in [1.29, 1.82) is 0 Å². The molecule has 0 radical (unpaired) electrons. The lowest BCUT2D eigenvalue weighted by molar-refractivity contribution is -0.388. The summed E-state index contributed by atoms with van der Waals surface area (Å²) in [5.41, 5.74) is 0.420. The summed E-state index contributed by atoms with van der Waals surface area (Å²) in [5, 5.41) is 14.6. The zero-order chi connectivity index (χ0) is 24.5. The van der Waals surface area contributed by atoms with E-state index >= 15 is 0 Å². The molecule has 0 aliphatic carbocycles. The van der Waals surface area contributed by atoms with Crippen LogP contribution in [0, 0.1) is 15.9 Å². The molecule has 9 nitrogen and oxygen atoms in total. The molecule has 3 aliphatic heterocycles. The summed E-state index contributed by atoms with van der Waals surface area (Å²) in [6, 6.07) is 13.5. The molecule has 2 aromatic carbocycles. The van der Waals surface area contributed by atoms with E-state index in [1.807, 2.05) is 30.3 Å². The van der Waals surface area contributed by atoms with Gasteiger partial charge >= 0.3 is 0 Å². The van der Waals surface area contributed by atoms with Gasteiger partial charge < -0.3 is 24.6 Å². The van der Waals surface area contributed by atoms with Gasteiger partial charge in [-0.1, -0.05) is 18.2 Å². The number of benzene rings is 2. The summed E-state index contributed by atoms with van der Waals surface area (Å²) >= 11 is 0. The molecule has 2 aromatic rings. The van der Waals surface area contributed by atoms with E-state index in [0.29, 0.717) is 32.7 Å². The predicted molar refractivity (Wildman–Crippen MR) is 126 cm³/mol. The van der Waals surface area contributed by atoms with E-state index < -0.39 is 22.1 Å². The molecule has 10 heteroatoms. The van der Waals surface area contributed by atoms with Crippen LogP contribution in [0.25, 0.3) is 0 Å². The monoisotopic (exact) mass is 484 g/mol. The number of piperidine rings is 1. The third kappa shape index (κ3) is 4.37. The average Bonchev–Trinajstić information content (AvgIpc) is 3.46. The summed E-state index contributed by atoms with van der Waals surface area (Å²) < 4.78 is 25.4. The van der Waals surface area contributed by atoms with E-state index in [0.717, 1.165) is 44.2 Å². The molecule has 1 amide bonds. The van der Waals surface area contributed by atoms with Gasteiger partial charge in [-0.15, -0.1) is 0 Å². The number of rotatable bonds is 7. The maximum Gasteiger partial charge on any atom is 0.280 e. The van der Waals surface area contributed by atoms with Crippen LogP contribution in [0.5, 0.6) is 0 Å². The molecule has 1 N–H and O–H groups in total. The Morgan fingerprint density at radius 2 is 1.80 bits per heavy atom. The smallest absolute Gasteiger partial charge is 0.280 e. The molecule has 0 bridgehead atoms. The number of nitrogens with zero attached hydrogens (tertiary/aromatic N) is 3. The molecular formula is C25H29FN4O5. The number of nitrogens with one attached hydrogen (secondary N) is 1. The van der Waals surface area contributed by atoms with E-state index in [2.05, 4.69) is 15.1 Å². The van der Waals surface area contributed by atoms with Crippen LogP contribution in [-0.4, -0.2) is 60.8 Å². The Labute approximate surface area is 202 Å². The standard InChI is InChI=1S/C25H29FN4O5/c26-19-7-8-21(22(17-19)30(32)33)25(34-15-16-35-25)9-4-12-28-13-10-24(11-14-28)23(31)27-18-29(24)20-5-2-1-3-6-20/h1-3,5-8,17H,4,9-16,18H2,(H,27,31). The molecule has 1 spiro atoms. The summed E-state index contributed by atoms with van der Waals surface area (Å²) in [6.45, 7) is 3.43. The fourth-order valence-electron chi connectivity index (χ4n) is 5.58. The molecule has 3 saturated heterocycles.